The van der Waals surface area contributed by atoms with Crippen LogP contribution in [0.2, 0.25) is 0 Å². The fraction of sp³-hybridized carbons (Fsp3) is 0.450. The molecule has 2 saturated heterocycles. The highest BCUT2D eigenvalue weighted by molar-refractivity contribution is 5.78. The van der Waals surface area contributed by atoms with Crippen molar-refractivity contribution in [3.63, 3.8) is 0 Å². The Balaban J connectivity index is 1.19. The summed E-state index contributed by atoms with van der Waals surface area (Å²) in [5, 5.41) is 9.17. The lowest BCUT2D eigenvalue weighted by Crippen LogP contribution is -2.25. The van der Waals surface area contributed by atoms with Gasteiger partial charge in [0.05, 0.1) is 29.8 Å². The fourth-order valence-corrected chi connectivity index (χ4v) is 4.25. The van der Waals surface area contributed by atoms with E-state index < -0.39 is 0 Å². The summed E-state index contributed by atoms with van der Waals surface area (Å²) >= 11 is 0. The van der Waals surface area contributed by atoms with Gasteiger partial charge in [0.25, 0.3) is 0 Å². The van der Waals surface area contributed by atoms with Crippen molar-refractivity contribution >= 4 is 10.9 Å². The molecule has 6 heteroatoms. The van der Waals surface area contributed by atoms with E-state index in [2.05, 4.69) is 45.4 Å². The summed E-state index contributed by atoms with van der Waals surface area (Å²) in [7, 11) is 0. The van der Waals surface area contributed by atoms with Crippen molar-refractivity contribution in [2.45, 2.75) is 38.5 Å². The average Bonchev–Trinajstić information content (AvgIpc) is 3.30. The average molecular weight is 350 g/mol. The second-order valence-corrected chi connectivity index (χ2v) is 7.40. The number of pyridine rings is 1. The van der Waals surface area contributed by atoms with Crippen molar-refractivity contribution < 1.29 is 9.15 Å². The third-order valence-corrected chi connectivity index (χ3v) is 5.40. The summed E-state index contributed by atoms with van der Waals surface area (Å²) in [5.41, 5.74) is 2.19. The fourth-order valence-electron chi connectivity index (χ4n) is 4.25. The summed E-state index contributed by atoms with van der Waals surface area (Å²) in [6, 6.07) is 12.6. The third kappa shape index (κ3) is 3.10. The molecule has 134 valence electrons. The van der Waals surface area contributed by atoms with Gasteiger partial charge in [-0.1, -0.05) is 24.3 Å². The molecule has 6 nitrogen and oxygen atoms in total. The minimum Gasteiger partial charge on any atom is -0.426 e. The van der Waals surface area contributed by atoms with E-state index >= 15 is 0 Å². The smallest absolute Gasteiger partial charge is 0.219 e. The molecule has 0 unspecified atom stereocenters. The zero-order chi connectivity index (χ0) is 17.5. The second-order valence-electron chi connectivity index (χ2n) is 7.40. The number of aromatic nitrogens is 3. The van der Waals surface area contributed by atoms with Gasteiger partial charge < -0.3 is 9.15 Å². The van der Waals surface area contributed by atoms with Crippen LogP contribution < -0.4 is 0 Å². The largest absolute Gasteiger partial charge is 0.426 e. The first kappa shape index (κ1) is 15.9. The second kappa shape index (κ2) is 6.45. The molecule has 0 spiro atoms. The highest BCUT2D eigenvalue weighted by Crippen LogP contribution is 2.34. The van der Waals surface area contributed by atoms with Crippen molar-refractivity contribution in [1.29, 1.82) is 0 Å². The van der Waals surface area contributed by atoms with Crippen molar-refractivity contribution in [3.05, 3.63) is 53.9 Å². The first-order valence-electron chi connectivity index (χ1n) is 9.24. The van der Waals surface area contributed by atoms with E-state index in [0.29, 0.717) is 23.8 Å². The number of rotatable bonds is 4. The lowest BCUT2D eigenvalue weighted by Gasteiger charge is -2.18. The first-order valence-corrected chi connectivity index (χ1v) is 9.24. The van der Waals surface area contributed by atoms with Gasteiger partial charge in [0.2, 0.25) is 11.8 Å². The van der Waals surface area contributed by atoms with Gasteiger partial charge in [-0.25, -0.2) is 0 Å². The molecule has 0 radical (unpaired) electrons. The number of hydrogen-bond donors (Lipinski definition) is 0. The van der Waals surface area contributed by atoms with E-state index in [9.17, 15) is 0 Å². The molecule has 3 atom stereocenters. The Morgan fingerprint density at radius 1 is 1.12 bits per heavy atom. The molecule has 2 aliphatic heterocycles. The maximum Gasteiger partial charge on any atom is 0.219 e. The number of nitrogens with zero attached hydrogens (tertiary/aromatic N) is 4. The first-order chi connectivity index (χ1) is 12.7. The van der Waals surface area contributed by atoms with E-state index in [-0.39, 0.29) is 6.10 Å². The van der Waals surface area contributed by atoms with Gasteiger partial charge in [0, 0.05) is 37.9 Å². The van der Waals surface area contributed by atoms with E-state index in [1.807, 2.05) is 13.0 Å². The Morgan fingerprint density at radius 2 is 2.04 bits per heavy atom. The molecule has 1 aromatic carbocycles. The predicted molar refractivity (Wildman–Crippen MR) is 96.5 cm³/mol. The summed E-state index contributed by atoms with van der Waals surface area (Å²) in [4.78, 5) is 7.25. The zero-order valence-corrected chi connectivity index (χ0v) is 14.8. The van der Waals surface area contributed by atoms with Crippen LogP contribution in [0, 0.1) is 12.8 Å². The molecule has 4 heterocycles. The van der Waals surface area contributed by atoms with Crippen molar-refractivity contribution in [2.75, 3.05) is 13.1 Å². The van der Waals surface area contributed by atoms with Gasteiger partial charge >= 0.3 is 0 Å². The molecule has 3 aromatic rings. The van der Waals surface area contributed by atoms with Crippen LogP contribution in [0.25, 0.3) is 10.9 Å². The van der Waals surface area contributed by atoms with Gasteiger partial charge in [-0.2, -0.15) is 0 Å². The lowest BCUT2D eigenvalue weighted by molar-refractivity contribution is 0.0348. The van der Waals surface area contributed by atoms with Gasteiger partial charge in [-0.05, 0) is 18.6 Å². The van der Waals surface area contributed by atoms with E-state index in [1.165, 1.54) is 5.39 Å². The highest BCUT2D eigenvalue weighted by atomic mass is 16.5. The molecule has 26 heavy (non-hydrogen) atoms. The summed E-state index contributed by atoms with van der Waals surface area (Å²) in [6.07, 6.45) is 2.30. The molecule has 0 N–H and O–H groups in total. The number of aryl methyl sites for hydroxylation is 1. The molecule has 2 fully saturated rings. The molecule has 2 aromatic heterocycles. The van der Waals surface area contributed by atoms with Gasteiger partial charge in [-0.3, -0.25) is 9.88 Å². The molecule has 0 bridgehead atoms. The van der Waals surface area contributed by atoms with E-state index in [1.54, 1.807) is 0 Å². The van der Waals surface area contributed by atoms with Crippen LogP contribution in [0.4, 0.5) is 0 Å². The molecule has 0 saturated carbocycles. The standard InChI is InChI=1S/C20H22N4O2/c1-13-22-23-20(25-13)9-17-8-15-10-24(12-19(15)26-17)11-16-7-6-14-4-2-3-5-18(14)21-16/h2-7,15,17,19H,8-12H2,1H3/t15-,17-,19+/m0/s1. The molecule has 5 rings (SSSR count). The summed E-state index contributed by atoms with van der Waals surface area (Å²) in [6.45, 7) is 4.74. The van der Waals surface area contributed by atoms with Crippen LogP contribution in [0.15, 0.2) is 40.8 Å². The Hall–Kier alpha value is -2.31. The minimum atomic E-state index is 0.200. The molecular formula is C20H22N4O2. The molecule has 2 aliphatic rings. The predicted octanol–water partition coefficient (Wildman–Crippen LogP) is 2.76. The van der Waals surface area contributed by atoms with Crippen LogP contribution in [-0.2, 0) is 17.7 Å². The van der Waals surface area contributed by atoms with Crippen molar-refractivity contribution in [2.24, 2.45) is 5.92 Å². The maximum absolute atomic E-state index is 6.25. The van der Waals surface area contributed by atoms with Gasteiger partial charge in [-0.15, -0.1) is 10.2 Å². The highest BCUT2D eigenvalue weighted by Gasteiger charge is 2.42. The summed E-state index contributed by atoms with van der Waals surface area (Å²) in [5.74, 6) is 1.89. The van der Waals surface area contributed by atoms with Crippen LogP contribution in [0.3, 0.4) is 0 Å². The monoisotopic (exact) mass is 350 g/mol. The number of ether oxygens (including phenoxy) is 1. The SMILES string of the molecule is Cc1nnc(C[C@@H]2C[C@H]3CN(Cc4ccc5ccccc5n4)C[C@H]3O2)o1. The normalized spacial score (nSPS) is 25.8. The number of hydrogen-bond acceptors (Lipinski definition) is 6. The molecule has 0 aliphatic carbocycles. The van der Waals surface area contributed by atoms with E-state index in [4.69, 9.17) is 14.1 Å². The Labute approximate surface area is 152 Å². The molecular weight excluding hydrogens is 328 g/mol. The van der Waals surface area contributed by atoms with Crippen molar-refractivity contribution in [1.82, 2.24) is 20.1 Å². The van der Waals surface area contributed by atoms with Crippen LogP contribution in [0.1, 0.15) is 23.9 Å². The van der Waals surface area contributed by atoms with Crippen LogP contribution in [-0.4, -0.2) is 45.4 Å². The Kier molecular flexibility index (Phi) is 3.94. The number of para-hydroxylation sites is 1. The summed E-state index contributed by atoms with van der Waals surface area (Å²) < 4.78 is 11.7. The quantitative estimate of drug-likeness (QED) is 0.721. The van der Waals surface area contributed by atoms with Crippen LogP contribution in [0.5, 0.6) is 0 Å². The lowest BCUT2D eigenvalue weighted by atomic mass is 10.0. The van der Waals surface area contributed by atoms with Gasteiger partial charge in [0.1, 0.15) is 0 Å². The number of benzene rings is 1. The topological polar surface area (TPSA) is 64.3 Å². The van der Waals surface area contributed by atoms with Gasteiger partial charge in [0.15, 0.2) is 0 Å². The number of fused-ring (bicyclic) bond motifs is 2. The number of likely N-dealkylation sites (tertiary alicyclic amines) is 1. The Morgan fingerprint density at radius 3 is 2.88 bits per heavy atom. The van der Waals surface area contributed by atoms with Crippen molar-refractivity contribution in [3.8, 4) is 0 Å². The Bertz CT molecular complexity index is 911. The molecule has 0 amide bonds. The third-order valence-electron chi connectivity index (χ3n) is 5.40. The zero-order valence-electron chi connectivity index (χ0n) is 14.8. The van der Waals surface area contributed by atoms with E-state index in [0.717, 1.165) is 43.7 Å². The maximum atomic E-state index is 6.25. The minimum absolute atomic E-state index is 0.200. The van der Waals surface area contributed by atoms with Crippen LogP contribution >= 0.6 is 0 Å².